The zero-order chi connectivity index (χ0) is 14.3. The molecule has 6 heteroatoms. The van der Waals surface area contributed by atoms with E-state index in [1.54, 1.807) is 6.92 Å². The Hall–Kier alpha value is -0.910. The van der Waals surface area contributed by atoms with Gasteiger partial charge in [0.1, 0.15) is 5.54 Å². The van der Waals surface area contributed by atoms with E-state index in [0.717, 1.165) is 31.4 Å². The molecule has 2 N–H and O–H groups in total. The summed E-state index contributed by atoms with van der Waals surface area (Å²) in [5, 5.41) is 12.1. The van der Waals surface area contributed by atoms with Gasteiger partial charge in [0.2, 0.25) is 0 Å². The van der Waals surface area contributed by atoms with Crippen LogP contribution >= 0.6 is 11.8 Å². The maximum absolute atomic E-state index is 12.0. The van der Waals surface area contributed by atoms with Crippen LogP contribution in [0, 0.1) is 0 Å². The van der Waals surface area contributed by atoms with E-state index < -0.39 is 11.5 Å². The Labute approximate surface area is 119 Å². The number of nitrogens with zero attached hydrogens (tertiary/aromatic N) is 1. The topological polar surface area (TPSA) is 69.6 Å². The zero-order valence-corrected chi connectivity index (χ0v) is 12.6. The summed E-state index contributed by atoms with van der Waals surface area (Å²) < 4.78 is 0. The number of carboxylic acid groups (broad SMARTS) is 1. The lowest BCUT2D eigenvalue weighted by Gasteiger charge is -2.31. The number of carboxylic acids is 1. The fraction of sp³-hybridized carbons (Fsp3) is 0.846. The lowest BCUT2D eigenvalue weighted by Crippen LogP contribution is -2.54. The number of rotatable bonds is 7. The Morgan fingerprint density at radius 1 is 1.37 bits per heavy atom. The van der Waals surface area contributed by atoms with Crippen molar-refractivity contribution in [3.63, 3.8) is 0 Å². The van der Waals surface area contributed by atoms with E-state index in [1.165, 1.54) is 4.90 Å². The van der Waals surface area contributed by atoms with Crippen LogP contribution in [0.5, 0.6) is 0 Å². The van der Waals surface area contributed by atoms with E-state index in [9.17, 15) is 14.7 Å². The number of carbonyl (C=O) groups excluding carboxylic acids is 1. The summed E-state index contributed by atoms with van der Waals surface area (Å²) in [6.45, 7) is 2.78. The number of hydrogen-bond acceptors (Lipinski definition) is 3. The highest BCUT2D eigenvalue weighted by Gasteiger charge is 2.45. The summed E-state index contributed by atoms with van der Waals surface area (Å²) in [7, 11) is 0. The van der Waals surface area contributed by atoms with Crippen molar-refractivity contribution in [2.24, 2.45) is 0 Å². The summed E-state index contributed by atoms with van der Waals surface area (Å²) in [5.41, 5.74) is -1.04. The van der Waals surface area contributed by atoms with Crippen LogP contribution in [-0.2, 0) is 4.79 Å². The lowest BCUT2D eigenvalue weighted by molar-refractivity contribution is -0.147. The van der Waals surface area contributed by atoms with E-state index in [4.69, 9.17) is 0 Å². The van der Waals surface area contributed by atoms with Gasteiger partial charge in [-0.25, -0.2) is 9.59 Å². The molecule has 1 atom stereocenters. The minimum absolute atomic E-state index is 0.243. The van der Waals surface area contributed by atoms with Gasteiger partial charge in [0.25, 0.3) is 0 Å². The monoisotopic (exact) mass is 288 g/mol. The molecule has 1 rings (SSSR count). The second-order valence-corrected chi connectivity index (χ2v) is 6.11. The van der Waals surface area contributed by atoms with Crippen LogP contribution in [-0.4, -0.2) is 52.6 Å². The molecule has 1 heterocycles. The highest BCUT2D eigenvalue weighted by atomic mass is 32.2. The number of amides is 2. The van der Waals surface area contributed by atoms with Crippen molar-refractivity contribution in [1.29, 1.82) is 0 Å². The van der Waals surface area contributed by atoms with Gasteiger partial charge in [-0.3, -0.25) is 0 Å². The lowest BCUT2D eigenvalue weighted by atomic mass is 10.00. The van der Waals surface area contributed by atoms with Gasteiger partial charge in [-0.15, -0.1) is 0 Å². The molecule has 1 saturated heterocycles. The van der Waals surface area contributed by atoms with Gasteiger partial charge >= 0.3 is 12.0 Å². The fourth-order valence-electron chi connectivity index (χ4n) is 2.35. The van der Waals surface area contributed by atoms with Crippen LogP contribution in [0.15, 0.2) is 0 Å². The first-order valence-electron chi connectivity index (χ1n) is 6.80. The number of likely N-dealkylation sites (tertiary alicyclic amines) is 1. The third kappa shape index (κ3) is 4.30. The molecule has 2 amide bonds. The third-order valence-corrected chi connectivity index (χ3v) is 4.35. The average Bonchev–Trinajstić information content (AvgIpc) is 2.77. The van der Waals surface area contributed by atoms with Gasteiger partial charge in [-0.05, 0) is 44.6 Å². The van der Waals surface area contributed by atoms with Crippen molar-refractivity contribution in [2.45, 2.75) is 44.6 Å². The van der Waals surface area contributed by atoms with Gasteiger partial charge < -0.3 is 15.3 Å². The smallest absolute Gasteiger partial charge is 0.329 e. The highest BCUT2D eigenvalue weighted by molar-refractivity contribution is 7.98. The minimum Gasteiger partial charge on any atom is -0.480 e. The Kier molecular flexibility index (Phi) is 6.48. The molecule has 1 aliphatic rings. The van der Waals surface area contributed by atoms with Gasteiger partial charge in [0.15, 0.2) is 0 Å². The second kappa shape index (κ2) is 7.62. The van der Waals surface area contributed by atoms with Crippen LogP contribution in [0.25, 0.3) is 0 Å². The van der Waals surface area contributed by atoms with Crippen molar-refractivity contribution in [3.8, 4) is 0 Å². The maximum atomic E-state index is 12.0. The summed E-state index contributed by atoms with van der Waals surface area (Å²) in [5.74, 6) is 0.233. The van der Waals surface area contributed by atoms with E-state index in [-0.39, 0.29) is 6.03 Å². The predicted octanol–water partition coefficient (Wildman–Crippen LogP) is 2.17. The molecule has 110 valence electrons. The van der Waals surface area contributed by atoms with Gasteiger partial charge in [-0.1, -0.05) is 6.42 Å². The van der Waals surface area contributed by atoms with Crippen LogP contribution in [0.3, 0.4) is 0 Å². The summed E-state index contributed by atoms with van der Waals surface area (Å²) in [6.07, 6.45) is 6.57. The summed E-state index contributed by atoms with van der Waals surface area (Å²) in [4.78, 5) is 24.7. The van der Waals surface area contributed by atoms with Crippen molar-refractivity contribution in [3.05, 3.63) is 0 Å². The van der Waals surface area contributed by atoms with E-state index in [2.05, 4.69) is 11.6 Å². The second-order valence-electron chi connectivity index (χ2n) is 5.12. The molecule has 1 aliphatic heterocycles. The molecule has 0 aromatic heterocycles. The van der Waals surface area contributed by atoms with Crippen molar-refractivity contribution in [2.75, 3.05) is 25.1 Å². The number of thioether (sulfide) groups is 1. The molecule has 5 nitrogen and oxygen atoms in total. The number of carbonyl (C=O) groups is 2. The normalized spacial score (nSPS) is 22.5. The van der Waals surface area contributed by atoms with Crippen LogP contribution in [0.2, 0.25) is 0 Å². The Morgan fingerprint density at radius 3 is 2.74 bits per heavy atom. The van der Waals surface area contributed by atoms with Crippen molar-refractivity contribution < 1.29 is 14.7 Å². The van der Waals surface area contributed by atoms with Gasteiger partial charge in [-0.2, -0.15) is 11.8 Å². The van der Waals surface area contributed by atoms with E-state index >= 15 is 0 Å². The highest BCUT2D eigenvalue weighted by Crippen LogP contribution is 2.29. The number of urea groups is 1. The minimum atomic E-state index is -1.04. The molecule has 0 radical (unpaired) electrons. The summed E-state index contributed by atoms with van der Waals surface area (Å²) >= 11 is 1.83. The van der Waals surface area contributed by atoms with Crippen LogP contribution < -0.4 is 5.32 Å². The Morgan fingerprint density at radius 2 is 2.11 bits per heavy atom. The fourth-order valence-corrected chi connectivity index (χ4v) is 2.84. The van der Waals surface area contributed by atoms with Crippen molar-refractivity contribution in [1.82, 2.24) is 10.2 Å². The number of aliphatic carboxylic acids is 1. The number of unbranched alkanes of at least 4 members (excludes halogenated alkanes) is 2. The first-order chi connectivity index (χ1) is 9.02. The summed E-state index contributed by atoms with van der Waals surface area (Å²) in [6, 6.07) is -0.243. The molecule has 1 unspecified atom stereocenters. The van der Waals surface area contributed by atoms with E-state index in [1.807, 2.05) is 11.8 Å². The number of nitrogens with one attached hydrogen (secondary N) is 1. The average molecular weight is 288 g/mol. The molecule has 0 bridgehead atoms. The molecule has 19 heavy (non-hydrogen) atoms. The van der Waals surface area contributed by atoms with Crippen LogP contribution in [0.1, 0.15) is 39.0 Å². The van der Waals surface area contributed by atoms with Gasteiger partial charge in [0, 0.05) is 13.1 Å². The van der Waals surface area contributed by atoms with Crippen LogP contribution in [0.4, 0.5) is 4.79 Å². The van der Waals surface area contributed by atoms with E-state index in [0.29, 0.717) is 19.5 Å². The maximum Gasteiger partial charge on any atom is 0.329 e. The molecular formula is C13H24N2O3S. The first-order valence-corrected chi connectivity index (χ1v) is 8.19. The molecule has 0 saturated carbocycles. The third-order valence-electron chi connectivity index (χ3n) is 3.65. The quantitative estimate of drug-likeness (QED) is 0.704. The standard InChI is InChI=1S/C13H24N2O3S/c1-13(11(16)17)7-6-9-15(13)12(18)14-8-4-3-5-10-19-2/h3-10H2,1-2H3,(H,14,18)(H,16,17). The molecule has 1 fully saturated rings. The predicted molar refractivity (Wildman–Crippen MR) is 77.6 cm³/mol. The Balaban J connectivity index is 2.31. The zero-order valence-electron chi connectivity index (χ0n) is 11.8. The molecule has 0 aromatic rings. The number of hydrogen-bond donors (Lipinski definition) is 2. The molecule has 0 aromatic carbocycles. The molecule has 0 spiro atoms. The largest absolute Gasteiger partial charge is 0.480 e. The van der Waals surface area contributed by atoms with Gasteiger partial charge in [0.05, 0.1) is 0 Å². The first kappa shape index (κ1) is 16.1. The SMILES string of the molecule is CSCCCCCNC(=O)N1CCCC1(C)C(=O)O. The molecule has 0 aliphatic carbocycles. The van der Waals surface area contributed by atoms with Crippen molar-refractivity contribution >= 4 is 23.8 Å². The Bertz CT molecular complexity index is 325. The molecular weight excluding hydrogens is 264 g/mol.